The summed E-state index contributed by atoms with van der Waals surface area (Å²) in [7, 11) is 0. The minimum atomic E-state index is -0.648. The quantitative estimate of drug-likeness (QED) is 0.872. The molecule has 0 aliphatic carbocycles. The SMILES string of the molecule is CCC(CN)C(O)c1ccc(F)c2ccccc12. The van der Waals surface area contributed by atoms with Gasteiger partial charge in [0, 0.05) is 11.3 Å². The second kappa shape index (κ2) is 5.46. The fraction of sp³-hybridized carbons (Fsp3) is 0.333. The Kier molecular flexibility index (Phi) is 3.94. The molecule has 2 aromatic carbocycles. The van der Waals surface area contributed by atoms with E-state index in [9.17, 15) is 9.50 Å². The molecule has 0 bridgehead atoms. The molecule has 2 rings (SSSR count). The molecular formula is C15H18FNO. The second-order valence-corrected chi connectivity index (χ2v) is 4.53. The van der Waals surface area contributed by atoms with Crippen LogP contribution in [0.2, 0.25) is 0 Å². The summed E-state index contributed by atoms with van der Waals surface area (Å²) in [6.07, 6.45) is 0.147. The maximum atomic E-state index is 13.7. The van der Waals surface area contributed by atoms with Crippen LogP contribution in [-0.2, 0) is 0 Å². The molecule has 0 spiro atoms. The van der Waals surface area contributed by atoms with E-state index in [1.807, 2.05) is 19.1 Å². The Bertz CT molecular complexity index is 537. The zero-order valence-corrected chi connectivity index (χ0v) is 10.4. The molecule has 0 amide bonds. The summed E-state index contributed by atoms with van der Waals surface area (Å²) < 4.78 is 13.7. The molecule has 0 heterocycles. The van der Waals surface area contributed by atoms with Crippen molar-refractivity contribution < 1.29 is 9.50 Å². The largest absolute Gasteiger partial charge is 0.388 e. The van der Waals surface area contributed by atoms with Crippen molar-refractivity contribution in [1.29, 1.82) is 0 Å². The van der Waals surface area contributed by atoms with Crippen LogP contribution in [0.3, 0.4) is 0 Å². The molecule has 3 N–H and O–H groups in total. The molecule has 0 aliphatic rings. The molecule has 2 atom stereocenters. The summed E-state index contributed by atoms with van der Waals surface area (Å²) in [6, 6.07) is 10.3. The normalized spacial score (nSPS) is 14.7. The van der Waals surface area contributed by atoms with Gasteiger partial charge < -0.3 is 10.8 Å². The molecule has 0 radical (unpaired) electrons. The van der Waals surface area contributed by atoms with Crippen LogP contribution < -0.4 is 5.73 Å². The number of hydrogen-bond donors (Lipinski definition) is 2. The van der Waals surface area contributed by atoms with E-state index < -0.39 is 6.10 Å². The van der Waals surface area contributed by atoms with Crippen molar-refractivity contribution in [3.8, 4) is 0 Å². The molecule has 0 saturated carbocycles. The van der Waals surface area contributed by atoms with E-state index in [4.69, 9.17) is 5.73 Å². The molecule has 0 aliphatic heterocycles. The van der Waals surface area contributed by atoms with Gasteiger partial charge in [-0.3, -0.25) is 0 Å². The van der Waals surface area contributed by atoms with Crippen LogP contribution in [-0.4, -0.2) is 11.7 Å². The lowest BCUT2D eigenvalue weighted by Crippen LogP contribution is -2.21. The highest BCUT2D eigenvalue weighted by molar-refractivity contribution is 5.86. The Morgan fingerprint density at radius 3 is 2.44 bits per heavy atom. The van der Waals surface area contributed by atoms with E-state index in [1.165, 1.54) is 6.07 Å². The molecule has 0 saturated heterocycles. The standard InChI is InChI=1S/C15H18FNO/c1-2-10(9-17)15(18)13-7-8-14(16)12-6-4-3-5-11(12)13/h3-8,10,15,18H,2,9,17H2,1H3. The Hall–Kier alpha value is -1.45. The van der Waals surface area contributed by atoms with Gasteiger partial charge in [-0.15, -0.1) is 0 Å². The highest BCUT2D eigenvalue weighted by Crippen LogP contribution is 2.31. The fourth-order valence-electron chi connectivity index (χ4n) is 2.32. The van der Waals surface area contributed by atoms with Crippen molar-refractivity contribution in [3.63, 3.8) is 0 Å². The molecule has 2 unspecified atom stereocenters. The first-order valence-electron chi connectivity index (χ1n) is 6.24. The maximum absolute atomic E-state index is 13.7. The van der Waals surface area contributed by atoms with Gasteiger partial charge in [0.15, 0.2) is 0 Å². The Morgan fingerprint density at radius 2 is 1.83 bits per heavy atom. The smallest absolute Gasteiger partial charge is 0.131 e. The minimum Gasteiger partial charge on any atom is -0.388 e. The minimum absolute atomic E-state index is 0.00105. The highest BCUT2D eigenvalue weighted by Gasteiger charge is 2.20. The number of nitrogens with two attached hydrogens (primary N) is 1. The van der Waals surface area contributed by atoms with E-state index in [-0.39, 0.29) is 11.7 Å². The van der Waals surface area contributed by atoms with Gasteiger partial charge in [0.1, 0.15) is 5.82 Å². The second-order valence-electron chi connectivity index (χ2n) is 4.53. The van der Waals surface area contributed by atoms with Gasteiger partial charge in [-0.05, 0) is 30.0 Å². The Labute approximate surface area is 106 Å². The van der Waals surface area contributed by atoms with Crippen molar-refractivity contribution in [3.05, 3.63) is 47.8 Å². The van der Waals surface area contributed by atoms with Crippen LogP contribution in [0.4, 0.5) is 4.39 Å². The van der Waals surface area contributed by atoms with E-state index >= 15 is 0 Å². The number of hydrogen-bond acceptors (Lipinski definition) is 2. The lowest BCUT2D eigenvalue weighted by Gasteiger charge is -2.21. The van der Waals surface area contributed by atoms with Gasteiger partial charge in [-0.1, -0.05) is 37.3 Å². The number of aliphatic hydroxyl groups excluding tert-OH is 1. The first-order valence-corrected chi connectivity index (χ1v) is 6.24. The maximum Gasteiger partial charge on any atom is 0.131 e. The number of halogens is 1. The van der Waals surface area contributed by atoms with Crippen LogP contribution >= 0.6 is 0 Å². The third kappa shape index (κ3) is 2.24. The zero-order valence-electron chi connectivity index (χ0n) is 10.4. The third-order valence-corrected chi connectivity index (χ3v) is 3.50. The van der Waals surface area contributed by atoms with Gasteiger partial charge in [-0.25, -0.2) is 4.39 Å². The summed E-state index contributed by atoms with van der Waals surface area (Å²) in [5, 5.41) is 11.7. The van der Waals surface area contributed by atoms with Crippen LogP contribution in [0, 0.1) is 11.7 Å². The van der Waals surface area contributed by atoms with Gasteiger partial charge in [0.25, 0.3) is 0 Å². The van der Waals surface area contributed by atoms with E-state index in [0.717, 1.165) is 17.4 Å². The monoisotopic (exact) mass is 247 g/mol. The molecule has 0 aromatic heterocycles. The van der Waals surface area contributed by atoms with E-state index in [1.54, 1.807) is 18.2 Å². The topological polar surface area (TPSA) is 46.2 Å². The molecule has 0 fully saturated rings. The first kappa shape index (κ1) is 13.0. The fourth-order valence-corrected chi connectivity index (χ4v) is 2.32. The van der Waals surface area contributed by atoms with E-state index in [0.29, 0.717) is 11.9 Å². The number of rotatable bonds is 4. The highest BCUT2D eigenvalue weighted by atomic mass is 19.1. The van der Waals surface area contributed by atoms with Crippen LogP contribution in [0.15, 0.2) is 36.4 Å². The predicted octanol–water partition coefficient (Wildman–Crippen LogP) is 3.00. The summed E-state index contributed by atoms with van der Waals surface area (Å²) in [5.41, 5.74) is 6.42. The summed E-state index contributed by atoms with van der Waals surface area (Å²) in [4.78, 5) is 0. The predicted molar refractivity (Wildman–Crippen MR) is 71.7 cm³/mol. The Morgan fingerprint density at radius 1 is 1.17 bits per heavy atom. The number of fused-ring (bicyclic) bond motifs is 1. The zero-order chi connectivity index (χ0) is 13.1. The molecular weight excluding hydrogens is 229 g/mol. The Balaban J connectivity index is 2.54. The number of aliphatic hydroxyl groups is 1. The lowest BCUT2D eigenvalue weighted by molar-refractivity contribution is 0.111. The van der Waals surface area contributed by atoms with Gasteiger partial charge in [0.05, 0.1) is 6.10 Å². The average Bonchev–Trinajstić information content (AvgIpc) is 2.41. The summed E-state index contributed by atoms with van der Waals surface area (Å²) in [6.45, 7) is 2.41. The average molecular weight is 247 g/mol. The van der Waals surface area contributed by atoms with Gasteiger partial charge >= 0.3 is 0 Å². The molecule has 2 aromatic rings. The first-order chi connectivity index (χ1) is 8.69. The third-order valence-electron chi connectivity index (χ3n) is 3.50. The van der Waals surface area contributed by atoms with E-state index in [2.05, 4.69) is 0 Å². The van der Waals surface area contributed by atoms with Crippen molar-refractivity contribution in [2.24, 2.45) is 11.7 Å². The summed E-state index contributed by atoms with van der Waals surface area (Å²) in [5.74, 6) is -0.263. The molecule has 18 heavy (non-hydrogen) atoms. The molecule has 96 valence electrons. The molecule has 3 heteroatoms. The van der Waals surface area contributed by atoms with Crippen LogP contribution in [0.1, 0.15) is 25.0 Å². The van der Waals surface area contributed by atoms with Crippen LogP contribution in [0.5, 0.6) is 0 Å². The van der Waals surface area contributed by atoms with Gasteiger partial charge in [-0.2, -0.15) is 0 Å². The number of benzene rings is 2. The summed E-state index contributed by atoms with van der Waals surface area (Å²) >= 11 is 0. The molecule has 2 nitrogen and oxygen atoms in total. The lowest BCUT2D eigenvalue weighted by atomic mass is 9.90. The van der Waals surface area contributed by atoms with Crippen molar-refractivity contribution in [2.75, 3.05) is 6.54 Å². The van der Waals surface area contributed by atoms with Crippen molar-refractivity contribution >= 4 is 10.8 Å². The van der Waals surface area contributed by atoms with Crippen molar-refractivity contribution in [2.45, 2.75) is 19.4 Å². The van der Waals surface area contributed by atoms with Gasteiger partial charge in [0.2, 0.25) is 0 Å². The van der Waals surface area contributed by atoms with Crippen molar-refractivity contribution in [1.82, 2.24) is 0 Å². The van der Waals surface area contributed by atoms with Crippen LogP contribution in [0.25, 0.3) is 10.8 Å².